The van der Waals surface area contributed by atoms with Crippen LogP contribution in [0.1, 0.15) is 0 Å². The fraction of sp³-hybridized carbons (Fsp3) is 0. The van der Waals surface area contributed by atoms with Gasteiger partial charge >= 0.3 is 0 Å². The van der Waals surface area contributed by atoms with E-state index in [1.807, 2.05) is 36.4 Å². The van der Waals surface area contributed by atoms with E-state index < -0.39 is 0 Å². The monoisotopic (exact) mass is 832 g/mol. The predicted octanol–water partition coefficient (Wildman–Crippen LogP) is 17.2. The Morgan fingerprint density at radius 2 is 0.754 bits per heavy atom. The molecule has 0 atom stereocenters. The highest BCUT2D eigenvalue weighted by Crippen LogP contribution is 2.42. The normalized spacial score (nSPS) is 11.4. The SMILES string of the molecule is c1ccc(-c2ccc(-c3ccc(N(c4ccc(-c5cccc6c5oc5cc7nc(-c8ccccc8)oc7cc56)cc4)c4cccc(-c5ccc(-c6ccccc6)cc5)c4)cc3)cc2)cc1. The lowest BCUT2D eigenvalue weighted by Crippen LogP contribution is -2.10. The molecule has 0 amide bonds. The highest BCUT2D eigenvalue weighted by atomic mass is 16.4. The van der Waals surface area contributed by atoms with Crippen LogP contribution >= 0.6 is 0 Å². The van der Waals surface area contributed by atoms with E-state index in [-0.39, 0.29) is 0 Å². The third-order valence-corrected chi connectivity index (χ3v) is 12.3. The van der Waals surface area contributed by atoms with Gasteiger partial charge in [0.2, 0.25) is 5.89 Å². The summed E-state index contributed by atoms with van der Waals surface area (Å²) in [5.41, 5.74) is 18.8. The zero-order chi connectivity index (χ0) is 43.1. The van der Waals surface area contributed by atoms with Crippen molar-refractivity contribution in [1.29, 1.82) is 0 Å². The quantitative estimate of drug-likeness (QED) is 0.145. The van der Waals surface area contributed by atoms with Gasteiger partial charge in [-0.3, -0.25) is 0 Å². The summed E-state index contributed by atoms with van der Waals surface area (Å²) in [6.45, 7) is 0. The maximum absolute atomic E-state index is 6.65. The molecule has 0 aliphatic rings. The summed E-state index contributed by atoms with van der Waals surface area (Å²) < 4.78 is 12.9. The fourth-order valence-electron chi connectivity index (χ4n) is 8.99. The number of aromatic nitrogens is 1. The second kappa shape index (κ2) is 16.2. The van der Waals surface area contributed by atoms with Crippen molar-refractivity contribution >= 4 is 50.1 Å². The molecule has 306 valence electrons. The first-order valence-corrected chi connectivity index (χ1v) is 21.9. The Labute approximate surface area is 377 Å². The molecular weight excluding hydrogens is 793 g/mol. The first kappa shape index (κ1) is 38.0. The maximum atomic E-state index is 6.65. The number of furan rings is 1. The molecule has 0 spiro atoms. The van der Waals surface area contributed by atoms with Crippen molar-refractivity contribution in [1.82, 2.24) is 4.98 Å². The van der Waals surface area contributed by atoms with Crippen molar-refractivity contribution < 1.29 is 8.83 Å². The van der Waals surface area contributed by atoms with Gasteiger partial charge < -0.3 is 13.7 Å². The molecule has 0 saturated heterocycles. The van der Waals surface area contributed by atoms with Crippen molar-refractivity contribution in [2.45, 2.75) is 0 Å². The molecule has 0 saturated carbocycles. The molecule has 0 unspecified atom stereocenters. The minimum absolute atomic E-state index is 0.598. The van der Waals surface area contributed by atoms with Crippen molar-refractivity contribution in [3.05, 3.63) is 243 Å². The first-order chi connectivity index (χ1) is 32.2. The van der Waals surface area contributed by atoms with Gasteiger partial charge in [-0.15, -0.1) is 0 Å². The van der Waals surface area contributed by atoms with Gasteiger partial charge in [0.1, 0.15) is 16.7 Å². The van der Waals surface area contributed by atoms with Gasteiger partial charge in [0.25, 0.3) is 0 Å². The average molecular weight is 833 g/mol. The van der Waals surface area contributed by atoms with E-state index in [0.29, 0.717) is 5.89 Å². The lowest BCUT2D eigenvalue weighted by Gasteiger charge is -2.26. The second-order valence-electron chi connectivity index (χ2n) is 16.4. The number of hydrogen-bond donors (Lipinski definition) is 0. The van der Waals surface area contributed by atoms with Gasteiger partial charge in [-0.2, -0.15) is 0 Å². The van der Waals surface area contributed by atoms with E-state index in [1.165, 1.54) is 27.8 Å². The summed E-state index contributed by atoms with van der Waals surface area (Å²) in [5, 5.41) is 2.03. The smallest absolute Gasteiger partial charge is 0.227 e. The van der Waals surface area contributed by atoms with E-state index in [2.05, 4.69) is 211 Å². The van der Waals surface area contributed by atoms with E-state index >= 15 is 0 Å². The summed E-state index contributed by atoms with van der Waals surface area (Å²) in [5.74, 6) is 0.598. The van der Waals surface area contributed by atoms with Crippen LogP contribution in [0.2, 0.25) is 0 Å². The molecule has 65 heavy (non-hydrogen) atoms. The highest BCUT2D eigenvalue weighted by molar-refractivity contribution is 6.12. The van der Waals surface area contributed by atoms with E-state index in [1.54, 1.807) is 0 Å². The van der Waals surface area contributed by atoms with E-state index in [0.717, 1.165) is 83.5 Å². The zero-order valence-corrected chi connectivity index (χ0v) is 35.3. The lowest BCUT2D eigenvalue weighted by atomic mass is 9.99. The van der Waals surface area contributed by atoms with Crippen molar-refractivity contribution in [3.63, 3.8) is 0 Å². The van der Waals surface area contributed by atoms with Crippen LogP contribution in [0.25, 0.3) is 100 Å². The topological polar surface area (TPSA) is 42.4 Å². The fourth-order valence-corrected chi connectivity index (χ4v) is 8.99. The third kappa shape index (κ3) is 7.23. The number of rotatable bonds is 9. The van der Waals surface area contributed by atoms with Crippen LogP contribution in [0.5, 0.6) is 0 Å². The number of fused-ring (bicyclic) bond motifs is 4. The molecule has 2 aromatic heterocycles. The molecule has 10 aromatic carbocycles. The van der Waals surface area contributed by atoms with Crippen LogP contribution in [0.3, 0.4) is 0 Å². The molecule has 0 bridgehead atoms. The van der Waals surface area contributed by atoms with Crippen molar-refractivity contribution in [2.24, 2.45) is 0 Å². The summed E-state index contributed by atoms with van der Waals surface area (Å²) in [6.07, 6.45) is 0. The molecule has 4 heteroatoms. The van der Waals surface area contributed by atoms with E-state index in [4.69, 9.17) is 13.8 Å². The molecule has 0 fully saturated rings. The van der Waals surface area contributed by atoms with Gasteiger partial charge in [0.15, 0.2) is 5.58 Å². The first-order valence-electron chi connectivity index (χ1n) is 21.9. The molecule has 0 N–H and O–H groups in total. The molecule has 0 radical (unpaired) electrons. The number of benzene rings is 10. The van der Waals surface area contributed by atoms with E-state index in [9.17, 15) is 0 Å². The van der Waals surface area contributed by atoms with Crippen LogP contribution < -0.4 is 4.90 Å². The summed E-state index contributed by atoms with van der Waals surface area (Å²) in [6, 6.07) is 85.6. The van der Waals surface area contributed by atoms with Gasteiger partial charge in [-0.05, 0) is 105 Å². The lowest BCUT2D eigenvalue weighted by molar-refractivity contribution is 0.620. The van der Waals surface area contributed by atoms with Gasteiger partial charge in [0, 0.05) is 45.0 Å². The predicted molar refractivity (Wildman–Crippen MR) is 269 cm³/mol. The standard InChI is InChI=1S/C61H40N2O2/c1-4-12-41(13-5-1)43-22-24-45(25-23-43)46-30-34-51(35-31-46)63(53-19-10-18-50(38-53)47-28-26-44(27-29-47)42-14-6-2-7-15-42)52-36-32-48(33-37-52)54-20-11-21-55-56-39-59-57(40-58(56)64-60(54)55)62-61(65-59)49-16-8-3-9-17-49/h1-40H. The highest BCUT2D eigenvalue weighted by Gasteiger charge is 2.18. The molecule has 2 heterocycles. The Bertz CT molecular complexity index is 3600. The van der Waals surface area contributed by atoms with Crippen molar-refractivity contribution in [3.8, 4) is 67.1 Å². The molecule has 12 aromatic rings. The zero-order valence-electron chi connectivity index (χ0n) is 35.3. The largest absolute Gasteiger partial charge is 0.455 e. The van der Waals surface area contributed by atoms with Gasteiger partial charge in [0.05, 0.1) is 0 Å². The van der Waals surface area contributed by atoms with Crippen LogP contribution in [0.4, 0.5) is 17.1 Å². The molecule has 12 rings (SSSR count). The third-order valence-electron chi connectivity index (χ3n) is 12.3. The number of para-hydroxylation sites is 1. The van der Waals surface area contributed by atoms with Crippen LogP contribution in [-0.4, -0.2) is 4.98 Å². The number of hydrogen-bond acceptors (Lipinski definition) is 4. The number of nitrogens with zero attached hydrogens (tertiary/aromatic N) is 2. The minimum Gasteiger partial charge on any atom is -0.455 e. The Kier molecular flexibility index (Phi) is 9.46. The Morgan fingerprint density at radius 3 is 1.32 bits per heavy atom. The number of anilines is 3. The molecule has 0 aliphatic heterocycles. The Hall–Kier alpha value is -8.73. The van der Waals surface area contributed by atoms with Gasteiger partial charge in [-0.25, -0.2) is 4.98 Å². The molecule has 0 aliphatic carbocycles. The molecule has 4 nitrogen and oxygen atoms in total. The minimum atomic E-state index is 0.598. The molecular formula is C61H40N2O2. The number of oxazole rings is 1. The van der Waals surface area contributed by atoms with Crippen molar-refractivity contribution in [2.75, 3.05) is 4.90 Å². The average Bonchev–Trinajstić information content (AvgIpc) is 3.98. The Balaban J connectivity index is 0.900. The second-order valence-corrected chi connectivity index (χ2v) is 16.4. The Morgan fingerprint density at radius 1 is 0.292 bits per heavy atom. The van der Waals surface area contributed by atoms with Gasteiger partial charge in [-0.1, -0.05) is 182 Å². The summed E-state index contributed by atoms with van der Waals surface area (Å²) in [4.78, 5) is 7.13. The van der Waals surface area contributed by atoms with Crippen LogP contribution in [-0.2, 0) is 0 Å². The summed E-state index contributed by atoms with van der Waals surface area (Å²) >= 11 is 0. The maximum Gasteiger partial charge on any atom is 0.227 e. The van der Waals surface area contributed by atoms with Crippen LogP contribution in [0, 0.1) is 0 Å². The van der Waals surface area contributed by atoms with Crippen LogP contribution in [0.15, 0.2) is 251 Å². The summed E-state index contributed by atoms with van der Waals surface area (Å²) in [7, 11) is 0.